The van der Waals surface area contributed by atoms with Gasteiger partial charge in [0.2, 0.25) is 0 Å². The van der Waals surface area contributed by atoms with Crippen molar-refractivity contribution in [1.29, 1.82) is 0 Å². The Balaban J connectivity index is 2.78. The van der Waals surface area contributed by atoms with Crippen LogP contribution in [0.2, 0.25) is 0 Å². The zero-order valence-electron chi connectivity index (χ0n) is 11.1. The number of aryl methyl sites for hydroxylation is 1. The predicted molar refractivity (Wildman–Crippen MR) is 70.4 cm³/mol. The van der Waals surface area contributed by atoms with E-state index in [0.717, 1.165) is 11.3 Å². The summed E-state index contributed by atoms with van der Waals surface area (Å²) in [6.45, 7) is 9.03. The Bertz CT molecular complexity index is 355. The van der Waals surface area contributed by atoms with Gasteiger partial charge in [-0.15, -0.1) is 0 Å². The van der Waals surface area contributed by atoms with E-state index in [1.54, 1.807) is 0 Å². The minimum Gasteiger partial charge on any atom is -0.396 e. The Morgan fingerprint density at radius 3 is 2.41 bits per heavy atom. The molecule has 0 aliphatic heterocycles. The number of nitrogens with zero attached hydrogens (tertiary/aromatic N) is 1. The van der Waals surface area contributed by atoms with Gasteiger partial charge in [-0.05, 0) is 27.7 Å². The zero-order valence-corrected chi connectivity index (χ0v) is 11.1. The highest BCUT2D eigenvalue weighted by Crippen LogP contribution is 2.06. The summed E-state index contributed by atoms with van der Waals surface area (Å²) in [6, 6.07) is 8.20. The van der Waals surface area contributed by atoms with E-state index >= 15 is 0 Å². The average molecular weight is 235 g/mol. The second-order valence-electron chi connectivity index (χ2n) is 4.18. The quantitative estimate of drug-likeness (QED) is 0.560. The van der Waals surface area contributed by atoms with Gasteiger partial charge in [0.15, 0.2) is 0 Å². The summed E-state index contributed by atoms with van der Waals surface area (Å²) < 4.78 is 5.57. The van der Waals surface area contributed by atoms with Crippen LogP contribution in [0.1, 0.15) is 31.9 Å². The maximum atomic E-state index is 5.57. The van der Waals surface area contributed by atoms with Gasteiger partial charge in [-0.25, -0.2) is 0 Å². The van der Waals surface area contributed by atoms with Crippen LogP contribution in [0.25, 0.3) is 0 Å². The van der Waals surface area contributed by atoms with Crippen LogP contribution >= 0.6 is 0 Å². The Hall–Kier alpha value is -1.35. The lowest BCUT2D eigenvalue weighted by molar-refractivity contribution is 0.105. The first kappa shape index (κ1) is 13.7. The maximum Gasteiger partial charge on any atom is 0.114 e. The molecule has 0 fully saturated rings. The molecular formula is C14H21NO2. The van der Waals surface area contributed by atoms with Crippen LogP contribution in [0.4, 0.5) is 0 Å². The smallest absolute Gasteiger partial charge is 0.114 e. The van der Waals surface area contributed by atoms with Crippen molar-refractivity contribution in [2.24, 2.45) is 5.16 Å². The van der Waals surface area contributed by atoms with Crippen LogP contribution < -0.4 is 0 Å². The lowest BCUT2D eigenvalue weighted by Gasteiger charge is -2.10. The molecule has 0 aromatic heterocycles. The summed E-state index contributed by atoms with van der Waals surface area (Å²) >= 11 is 0. The third kappa shape index (κ3) is 5.00. The van der Waals surface area contributed by atoms with Crippen molar-refractivity contribution in [2.45, 2.75) is 33.8 Å². The Morgan fingerprint density at radius 1 is 1.24 bits per heavy atom. The molecule has 0 atom stereocenters. The first-order valence-corrected chi connectivity index (χ1v) is 6.01. The van der Waals surface area contributed by atoms with Crippen molar-refractivity contribution in [2.75, 3.05) is 13.2 Å². The summed E-state index contributed by atoms with van der Waals surface area (Å²) in [6.07, 6.45) is 0.187. The number of benzene rings is 1. The van der Waals surface area contributed by atoms with Gasteiger partial charge in [0.05, 0.1) is 12.7 Å². The molecule has 0 unspecified atom stereocenters. The van der Waals surface area contributed by atoms with Gasteiger partial charge in [0.1, 0.15) is 12.3 Å². The molecule has 94 valence electrons. The summed E-state index contributed by atoms with van der Waals surface area (Å²) in [5.41, 5.74) is 3.11. The fourth-order valence-corrected chi connectivity index (χ4v) is 1.30. The fraction of sp³-hybridized carbons (Fsp3) is 0.500. The monoisotopic (exact) mass is 235 g/mol. The fourth-order valence-electron chi connectivity index (χ4n) is 1.30. The molecule has 0 saturated heterocycles. The lowest BCUT2D eigenvalue weighted by Crippen LogP contribution is -2.15. The normalized spacial score (nSPS) is 11.9. The first-order chi connectivity index (χ1) is 8.13. The van der Waals surface area contributed by atoms with Crippen LogP contribution in [0.3, 0.4) is 0 Å². The van der Waals surface area contributed by atoms with Crippen LogP contribution in [0, 0.1) is 6.92 Å². The van der Waals surface area contributed by atoms with Crippen LogP contribution in [-0.2, 0) is 9.57 Å². The van der Waals surface area contributed by atoms with E-state index in [4.69, 9.17) is 9.57 Å². The van der Waals surface area contributed by atoms with E-state index < -0.39 is 0 Å². The first-order valence-electron chi connectivity index (χ1n) is 6.01. The van der Waals surface area contributed by atoms with Crippen LogP contribution in [-0.4, -0.2) is 25.0 Å². The molecule has 0 bridgehead atoms. The second-order valence-corrected chi connectivity index (χ2v) is 4.18. The third-order valence-corrected chi connectivity index (χ3v) is 2.24. The van der Waals surface area contributed by atoms with Gasteiger partial charge in [-0.1, -0.05) is 35.0 Å². The molecule has 0 aliphatic rings. The summed E-state index contributed by atoms with van der Waals surface area (Å²) in [4.78, 5) is 5.12. The minimum absolute atomic E-state index is 0.187. The number of hydrogen-bond acceptors (Lipinski definition) is 3. The molecule has 1 rings (SSSR count). The maximum absolute atomic E-state index is 5.57. The van der Waals surface area contributed by atoms with E-state index in [-0.39, 0.29) is 6.10 Å². The van der Waals surface area contributed by atoms with Gasteiger partial charge >= 0.3 is 0 Å². The van der Waals surface area contributed by atoms with E-state index in [1.165, 1.54) is 5.56 Å². The highest BCUT2D eigenvalue weighted by molar-refractivity contribution is 6.01. The van der Waals surface area contributed by atoms with Crippen molar-refractivity contribution in [1.82, 2.24) is 0 Å². The molecule has 1 aromatic rings. The SMILES string of the molecule is CCO/N=C(\COC(C)C)c1ccc(C)cc1. The molecule has 17 heavy (non-hydrogen) atoms. The van der Waals surface area contributed by atoms with Crippen LogP contribution in [0.15, 0.2) is 29.4 Å². The van der Waals surface area contributed by atoms with Gasteiger partial charge in [0.25, 0.3) is 0 Å². The van der Waals surface area contributed by atoms with Crippen molar-refractivity contribution in [3.8, 4) is 0 Å². The van der Waals surface area contributed by atoms with Crippen molar-refractivity contribution < 1.29 is 9.57 Å². The van der Waals surface area contributed by atoms with Gasteiger partial charge in [-0.3, -0.25) is 0 Å². The molecule has 0 aliphatic carbocycles. The van der Waals surface area contributed by atoms with E-state index in [2.05, 4.69) is 24.2 Å². The molecular weight excluding hydrogens is 214 g/mol. The predicted octanol–water partition coefficient (Wildman–Crippen LogP) is 3.16. The standard InChI is InChI=1S/C14H21NO2/c1-5-17-15-14(10-16-11(2)3)13-8-6-12(4)7-9-13/h6-9,11H,5,10H2,1-4H3/b15-14+. The van der Waals surface area contributed by atoms with Gasteiger partial charge < -0.3 is 9.57 Å². The molecule has 3 nitrogen and oxygen atoms in total. The van der Waals surface area contributed by atoms with Crippen LogP contribution in [0.5, 0.6) is 0 Å². The zero-order chi connectivity index (χ0) is 12.7. The van der Waals surface area contributed by atoms with E-state index in [9.17, 15) is 0 Å². The summed E-state index contributed by atoms with van der Waals surface area (Å²) in [5, 5.41) is 4.11. The second kappa shape index (κ2) is 7.07. The third-order valence-electron chi connectivity index (χ3n) is 2.24. The number of oxime groups is 1. The molecule has 0 N–H and O–H groups in total. The summed E-state index contributed by atoms with van der Waals surface area (Å²) in [5.74, 6) is 0. The molecule has 3 heteroatoms. The summed E-state index contributed by atoms with van der Waals surface area (Å²) in [7, 11) is 0. The lowest BCUT2D eigenvalue weighted by atomic mass is 10.1. The molecule has 1 aromatic carbocycles. The highest BCUT2D eigenvalue weighted by atomic mass is 16.6. The number of ether oxygens (including phenoxy) is 1. The topological polar surface area (TPSA) is 30.8 Å². The minimum atomic E-state index is 0.187. The largest absolute Gasteiger partial charge is 0.396 e. The molecule has 0 saturated carbocycles. The van der Waals surface area contributed by atoms with Gasteiger partial charge in [-0.2, -0.15) is 0 Å². The Labute approximate surface area is 103 Å². The Morgan fingerprint density at radius 2 is 1.88 bits per heavy atom. The average Bonchev–Trinajstić information content (AvgIpc) is 2.30. The molecule has 0 amide bonds. The number of hydrogen-bond donors (Lipinski definition) is 0. The Kier molecular flexibility index (Phi) is 5.70. The van der Waals surface area contributed by atoms with Crippen molar-refractivity contribution in [3.63, 3.8) is 0 Å². The molecule has 0 spiro atoms. The van der Waals surface area contributed by atoms with Crippen molar-refractivity contribution >= 4 is 5.71 Å². The number of rotatable bonds is 6. The molecule has 0 heterocycles. The van der Waals surface area contributed by atoms with Crippen molar-refractivity contribution in [3.05, 3.63) is 35.4 Å². The van der Waals surface area contributed by atoms with E-state index in [0.29, 0.717) is 13.2 Å². The van der Waals surface area contributed by atoms with E-state index in [1.807, 2.05) is 32.9 Å². The van der Waals surface area contributed by atoms with Gasteiger partial charge in [0, 0.05) is 5.56 Å². The highest BCUT2D eigenvalue weighted by Gasteiger charge is 2.06. The molecule has 0 radical (unpaired) electrons.